The zero-order valence-electron chi connectivity index (χ0n) is 11.4. The topological polar surface area (TPSA) is 32.7 Å². The Morgan fingerprint density at radius 2 is 1.65 bits per heavy atom. The van der Waals surface area contributed by atoms with E-state index in [0.29, 0.717) is 6.61 Å². The van der Waals surface area contributed by atoms with Crippen LogP contribution in [0.5, 0.6) is 0 Å². The van der Waals surface area contributed by atoms with Crippen LogP contribution in [0, 0.1) is 0 Å². The van der Waals surface area contributed by atoms with Crippen LogP contribution in [-0.2, 0) is 11.3 Å². The Hall–Kier alpha value is -1.68. The first-order chi connectivity index (χ1) is 9.84. The first-order valence-electron chi connectivity index (χ1n) is 6.97. The summed E-state index contributed by atoms with van der Waals surface area (Å²) in [6.07, 6.45) is -0.769. The number of hydrogen-bond acceptors (Lipinski definition) is 3. The molecule has 1 fully saturated rings. The molecular formula is C17H19NO2. The maximum Gasteiger partial charge on any atom is 0.174 e. The summed E-state index contributed by atoms with van der Waals surface area (Å²) in [5.74, 6) is 0. The van der Waals surface area contributed by atoms with Gasteiger partial charge in [-0.3, -0.25) is 4.90 Å². The highest BCUT2D eigenvalue weighted by Gasteiger charge is 2.32. The molecule has 0 radical (unpaired) electrons. The normalized spacial score (nSPS) is 23.6. The van der Waals surface area contributed by atoms with E-state index in [2.05, 4.69) is 17.0 Å². The predicted octanol–water partition coefficient (Wildman–Crippen LogP) is 2.58. The van der Waals surface area contributed by atoms with E-state index in [1.54, 1.807) is 0 Å². The van der Waals surface area contributed by atoms with E-state index in [4.69, 9.17) is 4.74 Å². The van der Waals surface area contributed by atoms with Gasteiger partial charge in [-0.2, -0.15) is 0 Å². The molecule has 0 saturated carbocycles. The molecule has 2 atom stereocenters. The second kappa shape index (κ2) is 6.18. The fraction of sp³-hybridized carbons (Fsp3) is 0.294. The number of nitrogens with zero attached hydrogens (tertiary/aromatic N) is 1. The second-order valence-corrected chi connectivity index (χ2v) is 5.07. The van der Waals surface area contributed by atoms with Crippen LogP contribution in [0.2, 0.25) is 0 Å². The summed E-state index contributed by atoms with van der Waals surface area (Å²) >= 11 is 0. The number of ether oxygens (including phenoxy) is 1. The Labute approximate surface area is 119 Å². The lowest BCUT2D eigenvalue weighted by Gasteiger charge is -2.39. The van der Waals surface area contributed by atoms with E-state index in [-0.39, 0.29) is 6.04 Å². The Kier molecular flexibility index (Phi) is 4.11. The van der Waals surface area contributed by atoms with Crippen molar-refractivity contribution in [2.45, 2.75) is 18.9 Å². The van der Waals surface area contributed by atoms with Crippen molar-refractivity contribution in [2.24, 2.45) is 0 Å². The minimum Gasteiger partial charge on any atom is -0.366 e. The van der Waals surface area contributed by atoms with Gasteiger partial charge in [0.2, 0.25) is 0 Å². The molecule has 0 spiro atoms. The number of benzene rings is 2. The maximum absolute atomic E-state index is 10.2. The first kappa shape index (κ1) is 13.3. The van der Waals surface area contributed by atoms with Gasteiger partial charge in [-0.05, 0) is 11.1 Å². The van der Waals surface area contributed by atoms with Crippen LogP contribution in [0.1, 0.15) is 17.2 Å². The van der Waals surface area contributed by atoms with Crippen LogP contribution >= 0.6 is 0 Å². The maximum atomic E-state index is 10.2. The summed E-state index contributed by atoms with van der Waals surface area (Å²) in [7, 11) is 0. The van der Waals surface area contributed by atoms with E-state index in [0.717, 1.165) is 18.7 Å². The molecule has 0 aliphatic carbocycles. The number of aliphatic hydroxyl groups is 1. The van der Waals surface area contributed by atoms with Crippen LogP contribution in [-0.4, -0.2) is 29.4 Å². The fourth-order valence-corrected chi connectivity index (χ4v) is 2.72. The van der Waals surface area contributed by atoms with Crippen molar-refractivity contribution in [2.75, 3.05) is 13.2 Å². The predicted molar refractivity (Wildman–Crippen MR) is 78.0 cm³/mol. The Morgan fingerprint density at radius 3 is 2.35 bits per heavy atom. The lowest BCUT2D eigenvalue weighted by atomic mass is 10.0. The average molecular weight is 269 g/mol. The van der Waals surface area contributed by atoms with Gasteiger partial charge in [0.15, 0.2) is 6.29 Å². The third-order valence-corrected chi connectivity index (χ3v) is 3.70. The third kappa shape index (κ3) is 2.90. The summed E-state index contributed by atoms with van der Waals surface area (Å²) in [5.41, 5.74) is 2.35. The van der Waals surface area contributed by atoms with E-state index >= 15 is 0 Å². The summed E-state index contributed by atoms with van der Waals surface area (Å²) in [6.45, 7) is 2.21. The lowest BCUT2D eigenvalue weighted by Crippen LogP contribution is -2.44. The summed E-state index contributed by atoms with van der Waals surface area (Å²) in [4.78, 5) is 2.28. The molecule has 1 unspecified atom stereocenters. The van der Waals surface area contributed by atoms with Crippen molar-refractivity contribution in [3.05, 3.63) is 71.8 Å². The minimum atomic E-state index is -0.769. The van der Waals surface area contributed by atoms with Gasteiger partial charge in [0.1, 0.15) is 0 Å². The summed E-state index contributed by atoms with van der Waals surface area (Å²) < 4.78 is 5.43. The molecule has 104 valence electrons. The largest absolute Gasteiger partial charge is 0.366 e. The average Bonchev–Trinajstić information content (AvgIpc) is 2.49. The third-order valence-electron chi connectivity index (χ3n) is 3.70. The van der Waals surface area contributed by atoms with Crippen LogP contribution in [0.25, 0.3) is 0 Å². The molecule has 0 aromatic heterocycles. The standard InChI is InChI=1S/C17H19NO2/c19-17-16(15-9-5-2-6-10-15)18(11-12-20-17)13-14-7-3-1-4-8-14/h1-10,16-17,19H,11-13H2/t16?,17-/m0/s1. The van der Waals surface area contributed by atoms with Gasteiger partial charge >= 0.3 is 0 Å². The fourth-order valence-electron chi connectivity index (χ4n) is 2.72. The molecule has 2 aromatic rings. The first-order valence-corrected chi connectivity index (χ1v) is 6.97. The van der Waals surface area contributed by atoms with Gasteiger partial charge in [0.25, 0.3) is 0 Å². The van der Waals surface area contributed by atoms with E-state index in [1.807, 2.05) is 48.5 Å². The van der Waals surface area contributed by atoms with Crippen molar-refractivity contribution in [3.63, 3.8) is 0 Å². The molecule has 1 heterocycles. The SMILES string of the molecule is O[C@H]1OCCN(Cc2ccccc2)C1c1ccccc1. The van der Waals surface area contributed by atoms with Gasteiger partial charge in [-0.15, -0.1) is 0 Å². The molecule has 3 rings (SSSR count). The van der Waals surface area contributed by atoms with E-state index < -0.39 is 6.29 Å². The summed E-state index contributed by atoms with van der Waals surface area (Å²) in [5, 5.41) is 10.2. The quantitative estimate of drug-likeness (QED) is 0.929. The van der Waals surface area contributed by atoms with Crippen LogP contribution in [0.15, 0.2) is 60.7 Å². The highest BCUT2D eigenvalue weighted by Crippen LogP contribution is 2.29. The van der Waals surface area contributed by atoms with Gasteiger partial charge in [-0.25, -0.2) is 0 Å². The van der Waals surface area contributed by atoms with Crippen molar-refractivity contribution < 1.29 is 9.84 Å². The van der Waals surface area contributed by atoms with Gasteiger partial charge in [-0.1, -0.05) is 60.7 Å². The molecule has 3 nitrogen and oxygen atoms in total. The highest BCUT2D eigenvalue weighted by atomic mass is 16.6. The van der Waals surface area contributed by atoms with Gasteiger partial charge in [0.05, 0.1) is 12.6 Å². The highest BCUT2D eigenvalue weighted by molar-refractivity contribution is 5.21. The zero-order chi connectivity index (χ0) is 13.8. The number of aliphatic hydroxyl groups excluding tert-OH is 1. The van der Waals surface area contributed by atoms with Crippen LogP contribution < -0.4 is 0 Å². The Bertz CT molecular complexity index is 529. The van der Waals surface area contributed by atoms with Crippen molar-refractivity contribution >= 4 is 0 Å². The number of hydrogen-bond donors (Lipinski definition) is 1. The molecule has 2 aromatic carbocycles. The number of rotatable bonds is 3. The van der Waals surface area contributed by atoms with E-state index in [1.165, 1.54) is 5.56 Å². The molecule has 0 amide bonds. The Balaban J connectivity index is 1.83. The Morgan fingerprint density at radius 1 is 1.00 bits per heavy atom. The second-order valence-electron chi connectivity index (χ2n) is 5.07. The van der Waals surface area contributed by atoms with Crippen molar-refractivity contribution in [1.29, 1.82) is 0 Å². The molecule has 1 aliphatic rings. The van der Waals surface area contributed by atoms with Gasteiger partial charge < -0.3 is 9.84 Å². The molecule has 1 saturated heterocycles. The van der Waals surface area contributed by atoms with Crippen LogP contribution in [0.4, 0.5) is 0 Å². The summed E-state index contributed by atoms with van der Waals surface area (Å²) in [6, 6.07) is 20.3. The van der Waals surface area contributed by atoms with Crippen molar-refractivity contribution in [3.8, 4) is 0 Å². The monoisotopic (exact) mass is 269 g/mol. The molecular weight excluding hydrogens is 250 g/mol. The number of morpholine rings is 1. The molecule has 1 aliphatic heterocycles. The van der Waals surface area contributed by atoms with Crippen molar-refractivity contribution in [1.82, 2.24) is 4.90 Å². The molecule has 20 heavy (non-hydrogen) atoms. The minimum absolute atomic E-state index is 0.106. The zero-order valence-corrected chi connectivity index (χ0v) is 11.4. The molecule has 0 bridgehead atoms. The van der Waals surface area contributed by atoms with E-state index in [9.17, 15) is 5.11 Å². The van der Waals surface area contributed by atoms with Crippen LogP contribution in [0.3, 0.4) is 0 Å². The lowest BCUT2D eigenvalue weighted by molar-refractivity contribution is -0.184. The van der Waals surface area contributed by atoms with Gasteiger partial charge in [0, 0.05) is 13.1 Å². The smallest absolute Gasteiger partial charge is 0.174 e. The molecule has 3 heteroatoms. The molecule has 1 N–H and O–H groups in total.